The van der Waals surface area contributed by atoms with Crippen LogP contribution in [0.1, 0.15) is 47.3 Å². The molecule has 2 aromatic rings. The molecule has 1 unspecified atom stereocenters. The Hall–Kier alpha value is -1.19. The van der Waals surface area contributed by atoms with E-state index in [0.29, 0.717) is 6.04 Å². The fraction of sp³-hybridized carbons (Fsp3) is 0.438. The third-order valence-electron chi connectivity index (χ3n) is 3.37. The van der Waals surface area contributed by atoms with E-state index in [9.17, 15) is 0 Å². The molecule has 0 fully saturated rings. The lowest BCUT2D eigenvalue weighted by Gasteiger charge is -2.17. The minimum Gasteiger partial charge on any atom is -0.304 e. The smallest absolute Gasteiger partial charge is 0.107 e. The fourth-order valence-corrected chi connectivity index (χ4v) is 2.92. The van der Waals surface area contributed by atoms with E-state index >= 15 is 0 Å². The molecular formula is C16H22N2S. The van der Waals surface area contributed by atoms with Crippen LogP contribution in [0.25, 0.3) is 0 Å². The first kappa shape index (κ1) is 14.2. The first-order valence-corrected chi connectivity index (χ1v) is 7.78. The number of benzene rings is 1. The van der Waals surface area contributed by atoms with E-state index < -0.39 is 0 Å². The number of aryl methyl sites for hydroxylation is 2. The minimum atomic E-state index is 0.412. The van der Waals surface area contributed by atoms with Crippen LogP contribution in [-0.4, -0.2) is 4.98 Å². The van der Waals surface area contributed by atoms with E-state index in [-0.39, 0.29) is 0 Å². The van der Waals surface area contributed by atoms with Gasteiger partial charge in [-0.25, -0.2) is 4.98 Å². The number of rotatable bonds is 6. The molecule has 1 aromatic carbocycles. The Kier molecular flexibility index (Phi) is 5.11. The van der Waals surface area contributed by atoms with Crippen molar-refractivity contribution < 1.29 is 0 Å². The van der Waals surface area contributed by atoms with Crippen molar-refractivity contribution in [3.05, 3.63) is 51.5 Å². The molecule has 19 heavy (non-hydrogen) atoms. The van der Waals surface area contributed by atoms with Crippen LogP contribution in [0.5, 0.6) is 0 Å². The molecular weight excluding hydrogens is 252 g/mol. The van der Waals surface area contributed by atoms with Crippen molar-refractivity contribution in [1.82, 2.24) is 10.3 Å². The van der Waals surface area contributed by atoms with Gasteiger partial charge < -0.3 is 5.32 Å². The molecule has 2 rings (SSSR count). The van der Waals surface area contributed by atoms with Crippen molar-refractivity contribution in [2.45, 2.75) is 46.2 Å². The molecule has 0 radical (unpaired) electrons. The second kappa shape index (κ2) is 6.83. The van der Waals surface area contributed by atoms with E-state index in [1.807, 2.05) is 6.20 Å². The number of thiazole rings is 1. The molecule has 0 saturated carbocycles. The summed E-state index contributed by atoms with van der Waals surface area (Å²) >= 11 is 1.77. The highest BCUT2D eigenvalue weighted by molar-refractivity contribution is 7.11. The van der Waals surface area contributed by atoms with Crippen molar-refractivity contribution >= 4 is 11.3 Å². The van der Waals surface area contributed by atoms with Crippen LogP contribution in [0.4, 0.5) is 0 Å². The van der Waals surface area contributed by atoms with Crippen LogP contribution in [0.3, 0.4) is 0 Å². The third kappa shape index (κ3) is 3.88. The topological polar surface area (TPSA) is 24.9 Å². The Bertz CT molecular complexity index is 502. The van der Waals surface area contributed by atoms with Gasteiger partial charge in [0.05, 0.1) is 0 Å². The maximum absolute atomic E-state index is 4.40. The van der Waals surface area contributed by atoms with E-state index in [1.165, 1.54) is 21.0 Å². The molecule has 0 bridgehead atoms. The minimum absolute atomic E-state index is 0.412. The van der Waals surface area contributed by atoms with Gasteiger partial charge in [-0.3, -0.25) is 0 Å². The first-order valence-electron chi connectivity index (χ1n) is 6.96. The molecule has 3 heteroatoms. The fourth-order valence-electron chi connectivity index (χ4n) is 2.18. The van der Waals surface area contributed by atoms with Gasteiger partial charge in [-0.05, 0) is 30.9 Å². The lowest BCUT2D eigenvalue weighted by molar-refractivity contribution is 0.518. The largest absolute Gasteiger partial charge is 0.304 e. The van der Waals surface area contributed by atoms with Gasteiger partial charge in [0.2, 0.25) is 0 Å². The summed E-state index contributed by atoms with van der Waals surface area (Å²) < 4.78 is 0. The van der Waals surface area contributed by atoms with Gasteiger partial charge in [0.25, 0.3) is 0 Å². The summed E-state index contributed by atoms with van der Waals surface area (Å²) in [5.41, 5.74) is 2.77. The summed E-state index contributed by atoms with van der Waals surface area (Å²) in [6, 6.07) is 9.36. The molecule has 2 nitrogen and oxygen atoms in total. The molecule has 0 saturated heterocycles. The van der Waals surface area contributed by atoms with E-state index in [4.69, 9.17) is 0 Å². The summed E-state index contributed by atoms with van der Waals surface area (Å²) in [4.78, 5) is 5.67. The van der Waals surface area contributed by atoms with Crippen LogP contribution in [0, 0.1) is 6.92 Å². The molecule has 0 aliphatic carbocycles. The van der Waals surface area contributed by atoms with Gasteiger partial charge in [-0.15, -0.1) is 11.3 Å². The lowest BCUT2D eigenvalue weighted by atomic mass is 10.0. The van der Waals surface area contributed by atoms with Gasteiger partial charge in [0, 0.05) is 23.7 Å². The molecule has 0 amide bonds. The molecule has 1 heterocycles. The van der Waals surface area contributed by atoms with Gasteiger partial charge in [0.15, 0.2) is 0 Å². The molecule has 0 aliphatic rings. The second-order valence-electron chi connectivity index (χ2n) is 4.80. The number of nitrogens with zero attached hydrogens (tertiary/aromatic N) is 1. The van der Waals surface area contributed by atoms with Gasteiger partial charge >= 0.3 is 0 Å². The van der Waals surface area contributed by atoms with Crippen LogP contribution < -0.4 is 5.32 Å². The van der Waals surface area contributed by atoms with E-state index in [1.54, 1.807) is 11.3 Å². The number of hydrogen-bond donors (Lipinski definition) is 1. The molecule has 1 aromatic heterocycles. The summed E-state index contributed by atoms with van der Waals surface area (Å²) in [5, 5.41) is 4.77. The second-order valence-corrected chi connectivity index (χ2v) is 6.12. The summed E-state index contributed by atoms with van der Waals surface area (Å²) in [7, 11) is 0. The Morgan fingerprint density at radius 3 is 2.47 bits per heavy atom. The highest BCUT2D eigenvalue weighted by Crippen LogP contribution is 2.19. The Labute approximate surface area is 119 Å². The van der Waals surface area contributed by atoms with Crippen LogP contribution in [-0.2, 0) is 13.0 Å². The van der Waals surface area contributed by atoms with Crippen molar-refractivity contribution in [3.63, 3.8) is 0 Å². The van der Waals surface area contributed by atoms with Crippen molar-refractivity contribution in [3.8, 4) is 0 Å². The van der Waals surface area contributed by atoms with Crippen molar-refractivity contribution in [2.24, 2.45) is 0 Å². The predicted molar refractivity (Wildman–Crippen MR) is 82.5 cm³/mol. The van der Waals surface area contributed by atoms with Crippen LogP contribution in [0.2, 0.25) is 0 Å². The molecule has 1 N–H and O–H groups in total. The Balaban J connectivity index is 1.98. The van der Waals surface area contributed by atoms with Crippen molar-refractivity contribution in [1.29, 1.82) is 0 Å². The molecule has 0 spiro atoms. The van der Waals surface area contributed by atoms with E-state index in [2.05, 4.69) is 55.3 Å². The first-order chi connectivity index (χ1) is 9.22. The number of nitrogens with one attached hydrogen (secondary N) is 1. The lowest BCUT2D eigenvalue weighted by Crippen LogP contribution is -2.20. The monoisotopic (exact) mass is 274 g/mol. The number of hydrogen-bond acceptors (Lipinski definition) is 3. The molecule has 0 aliphatic heterocycles. The number of aromatic nitrogens is 1. The SMILES string of the molecule is CCc1ccc(C(CC)NCc2ncc(C)s2)cc1. The molecule has 102 valence electrons. The van der Waals surface area contributed by atoms with Crippen molar-refractivity contribution in [2.75, 3.05) is 0 Å². The zero-order valence-electron chi connectivity index (χ0n) is 11.9. The zero-order chi connectivity index (χ0) is 13.7. The average molecular weight is 274 g/mol. The summed E-state index contributed by atoms with van der Waals surface area (Å²) in [6.07, 6.45) is 4.14. The third-order valence-corrected chi connectivity index (χ3v) is 4.28. The van der Waals surface area contributed by atoms with Gasteiger partial charge in [-0.1, -0.05) is 38.1 Å². The summed E-state index contributed by atoms with van der Waals surface area (Å²) in [6.45, 7) is 7.36. The maximum atomic E-state index is 4.40. The predicted octanol–water partition coefficient (Wildman–Crippen LogP) is 4.25. The normalized spacial score (nSPS) is 12.6. The highest BCUT2D eigenvalue weighted by Gasteiger charge is 2.09. The molecule has 1 atom stereocenters. The Morgan fingerprint density at radius 2 is 1.95 bits per heavy atom. The highest BCUT2D eigenvalue weighted by atomic mass is 32.1. The quantitative estimate of drug-likeness (QED) is 0.851. The van der Waals surface area contributed by atoms with E-state index in [0.717, 1.165) is 19.4 Å². The van der Waals surface area contributed by atoms with Gasteiger partial charge in [-0.2, -0.15) is 0 Å². The average Bonchev–Trinajstić information content (AvgIpc) is 2.86. The summed E-state index contributed by atoms with van der Waals surface area (Å²) in [5.74, 6) is 0. The van der Waals surface area contributed by atoms with Gasteiger partial charge in [0.1, 0.15) is 5.01 Å². The Morgan fingerprint density at radius 1 is 1.21 bits per heavy atom. The zero-order valence-corrected chi connectivity index (χ0v) is 12.8. The van der Waals surface area contributed by atoms with Crippen LogP contribution in [0.15, 0.2) is 30.5 Å². The van der Waals surface area contributed by atoms with Crippen LogP contribution >= 0.6 is 11.3 Å². The maximum Gasteiger partial charge on any atom is 0.107 e. The standard InChI is InChI=1S/C16H22N2S/c1-4-13-6-8-14(9-7-13)15(5-2)17-11-16-18-10-12(3)19-16/h6-10,15,17H,4-5,11H2,1-3H3.